The highest BCUT2D eigenvalue weighted by Gasteiger charge is 1.95. The lowest BCUT2D eigenvalue weighted by atomic mass is 10.1. The molecule has 2 rings (SSSR count). The molecule has 0 aliphatic carbocycles. The second kappa shape index (κ2) is 7.35. The van der Waals surface area contributed by atoms with Gasteiger partial charge in [-0.2, -0.15) is 0 Å². The number of hydrogen-bond acceptors (Lipinski definition) is 2. The van der Waals surface area contributed by atoms with Crippen LogP contribution in [-0.2, 0) is 0 Å². The van der Waals surface area contributed by atoms with Crippen LogP contribution in [0, 0.1) is 11.8 Å². The maximum atomic E-state index is 12.0. The molecule has 0 amide bonds. The minimum absolute atomic E-state index is 0.0866. The topological polar surface area (TPSA) is 12.5 Å². The number of benzene rings is 2. The van der Waals surface area contributed by atoms with Crippen LogP contribution < -0.4 is 9.64 Å². The first-order valence-electron chi connectivity index (χ1n) is 6.77. The molecule has 0 bridgehead atoms. The molecule has 2 nitrogen and oxygen atoms in total. The molecule has 2 aromatic rings. The zero-order valence-electron chi connectivity index (χ0n) is 12.3. The van der Waals surface area contributed by atoms with Gasteiger partial charge in [0.1, 0.15) is 19.0 Å². The van der Waals surface area contributed by atoms with Gasteiger partial charge in [-0.15, -0.1) is 0 Å². The van der Waals surface area contributed by atoms with Crippen LogP contribution in [0.1, 0.15) is 11.1 Å². The molecule has 0 atom stereocenters. The summed E-state index contributed by atoms with van der Waals surface area (Å²) in [4.78, 5) is 2.05. The zero-order valence-corrected chi connectivity index (χ0v) is 12.3. The van der Waals surface area contributed by atoms with Gasteiger partial charge in [-0.25, -0.2) is 4.39 Å². The Hall–Kier alpha value is -2.47. The van der Waals surface area contributed by atoms with Crippen molar-refractivity contribution in [3.63, 3.8) is 0 Å². The molecule has 0 radical (unpaired) electrons. The number of nitrogens with zero attached hydrogens (tertiary/aromatic N) is 1. The van der Waals surface area contributed by atoms with Crippen molar-refractivity contribution in [3.8, 4) is 17.6 Å². The van der Waals surface area contributed by atoms with Crippen molar-refractivity contribution in [1.29, 1.82) is 0 Å². The molecule has 0 saturated heterocycles. The Morgan fingerprint density at radius 2 is 1.43 bits per heavy atom. The molecular formula is C18H18FNO. The molecule has 0 saturated carbocycles. The Morgan fingerprint density at radius 1 is 0.905 bits per heavy atom. The van der Waals surface area contributed by atoms with Gasteiger partial charge in [-0.1, -0.05) is 11.8 Å². The van der Waals surface area contributed by atoms with E-state index in [1.807, 2.05) is 55.4 Å². The third-order valence-corrected chi connectivity index (χ3v) is 2.94. The SMILES string of the molecule is CN(C)c1ccc(C#Cc2ccc(OCC[18F])cc2)cc1. The predicted molar refractivity (Wildman–Crippen MR) is 84.7 cm³/mol. The average molecular weight is 282 g/mol. The van der Waals surface area contributed by atoms with E-state index < -0.39 is 6.67 Å². The first kappa shape index (κ1) is 14.9. The van der Waals surface area contributed by atoms with Crippen molar-refractivity contribution in [2.24, 2.45) is 0 Å². The molecule has 0 heterocycles. The van der Waals surface area contributed by atoms with Crippen LogP contribution in [0.25, 0.3) is 0 Å². The fourth-order valence-electron chi connectivity index (χ4n) is 1.78. The Bertz CT molecular complexity index is 621. The summed E-state index contributed by atoms with van der Waals surface area (Å²) in [5, 5.41) is 0. The normalized spacial score (nSPS) is 9.67. The summed E-state index contributed by atoms with van der Waals surface area (Å²) in [6.45, 7) is -0.395. The number of rotatable bonds is 4. The Labute approximate surface area is 125 Å². The molecule has 3 heteroatoms. The summed E-state index contributed by atoms with van der Waals surface area (Å²) in [7, 11) is 4.01. The first-order chi connectivity index (χ1) is 10.2. The van der Waals surface area contributed by atoms with Gasteiger partial charge >= 0.3 is 0 Å². The van der Waals surface area contributed by atoms with Crippen LogP contribution in [0.15, 0.2) is 48.5 Å². The monoisotopic (exact) mass is 282 g/mol. The van der Waals surface area contributed by atoms with Crippen molar-refractivity contribution in [2.75, 3.05) is 32.3 Å². The van der Waals surface area contributed by atoms with E-state index >= 15 is 0 Å². The van der Waals surface area contributed by atoms with E-state index in [1.54, 1.807) is 12.1 Å². The van der Waals surface area contributed by atoms with Gasteiger partial charge in [0.2, 0.25) is 0 Å². The molecule has 0 unspecified atom stereocenters. The van der Waals surface area contributed by atoms with E-state index in [4.69, 9.17) is 4.74 Å². The Kier molecular flexibility index (Phi) is 5.22. The summed E-state index contributed by atoms with van der Waals surface area (Å²) in [6.07, 6.45) is 0. The van der Waals surface area contributed by atoms with Gasteiger partial charge in [0, 0.05) is 30.9 Å². The molecule has 0 aromatic heterocycles. The standard InChI is InChI=1S/C18H18FNO/c1-20(2)17-9-5-15(6-10-17)3-4-16-7-11-18(12-8-16)21-14-13-19/h5-12H,13-14H2,1-2H3/i19-1. The van der Waals surface area contributed by atoms with Crippen LogP contribution in [0.5, 0.6) is 5.75 Å². The third-order valence-electron chi connectivity index (χ3n) is 2.94. The molecule has 0 N–H and O–H groups in total. The highest BCUT2D eigenvalue weighted by atomic mass is 18.2. The zero-order chi connectivity index (χ0) is 15.1. The summed E-state index contributed by atoms with van der Waals surface area (Å²) >= 11 is 0. The lowest BCUT2D eigenvalue weighted by molar-refractivity contribution is 0.273. The Balaban J connectivity index is 2.04. The van der Waals surface area contributed by atoms with Crippen LogP contribution in [0.2, 0.25) is 0 Å². The van der Waals surface area contributed by atoms with Crippen molar-refractivity contribution in [1.82, 2.24) is 0 Å². The van der Waals surface area contributed by atoms with E-state index in [-0.39, 0.29) is 6.61 Å². The largest absolute Gasteiger partial charge is 0.491 e. The van der Waals surface area contributed by atoms with Crippen molar-refractivity contribution in [3.05, 3.63) is 59.7 Å². The van der Waals surface area contributed by atoms with E-state index in [0.29, 0.717) is 5.75 Å². The average Bonchev–Trinajstić information content (AvgIpc) is 2.52. The molecule has 2 aromatic carbocycles. The van der Waals surface area contributed by atoms with Gasteiger partial charge in [-0.3, -0.25) is 0 Å². The molecule has 0 aliphatic rings. The molecule has 0 aliphatic heterocycles. The number of ether oxygens (including phenoxy) is 1. The van der Waals surface area contributed by atoms with Gasteiger partial charge in [0.05, 0.1) is 0 Å². The minimum Gasteiger partial charge on any atom is -0.491 e. The van der Waals surface area contributed by atoms with Gasteiger partial charge in [0.25, 0.3) is 0 Å². The van der Waals surface area contributed by atoms with Crippen LogP contribution in [0.3, 0.4) is 0 Å². The summed E-state index contributed by atoms with van der Waals surface area (Å²) in [5.74, 6) is 6.88. The molecule has 21 heavy (non-hydrogen) atoms. The van der Waals surface area contributed by atoms with Gasteiger partial charge < -0.3 is 9.64 Å². The third kappa shape index (κ3) is 4.54. The minimum atomic E-state index is -0.482. The number of halogens is 1. The lowest BCUT2D eigenvalue weighted by Gasteiger charge is -2.11. The summed E-state index contributed by atoms with van der Waals surface area (Å²) in [5.41, 5.74) is 3.02. The highest BCUT2D eigenvalue weighted by molar-refractivity contribution is 5.51. The maximum absolute atomic E-state index is 12.0. The van der Waals surface area contributed by atoms with Crippen LogP contribution in [-0.4, -0.2) is 27.4 Å². The van der Waals surface area contributed by atoms with E-state index in [1.165, 1.54) is 0 Å². The number of hydrogen-bond donors (Lipinski definition) is 0. The van der Waals surface area contributed by atoms with E-state index in [0.717, 1.165) is 16.8 Å². The predicted octanol–water partition coefficient (Wildman–Crippen LogP) is 3.50. The number of alkyl halides is 1. The lowest BCUT2D eigenvalue weighted by Crippen LogP contribution is -2.07. The fourth-order valence-corrected chi connectivity index (χ4v) is 1.78. The quantitative estimate of drug-likeness (QED) is 0.796. The summed E-state index contributed by atoms with van der Waals surface area (Å²) in [6, 6.07) is 15.4. The van der Waals surface area contributed by atoms with Gasteiger partial charge in [-0.05, 0) is 48.5 Å². The van der Waals surface area contributed by atoms with E-state index in [9.17, 15) is 4.39 Å². The van der Waals surface area contributed by atoms with Crippen molar-refractivity contribution in [2.45, 2.75) is 0 Å². The molecule has 0 fully saturated rings. The van der Waals surface area contributed by atoms with Crippen LogP contribution >= 0.6 is 0 Å². The summed E-state index contributed by atoms with van der Waals surface area (Å²) < 4.78 is 17.2. The number of anilines is 1. The second-order valence-electron chi connectivity index (χ2n) is 4.75. The van der Waals surface area contributed by atoms with Crippen molar-refractivity contribution < 1.29 is 9.13 Å². The molecule has 0 spiro atoms. The van der Waals surface area contributed by atoms with Gasteiger partial charge in [0.15, 0.2) is 0 Å². The first-order valence-corrected chi connectivity index (χ1v) is 6.77. The molecular weight excluding hydrogens is 264 g/mol. The Morgan fingerprint density at radius 3 is 1.90 bits per heavy atom. The highest BCUT2D eigenvalue weighted by Crippen LogP contribution is 2.13. The fraction of sp³-hybridized carbons (Fsp3) is 0.222. The van der Waals surface area contributed by atoms with Crippen molar-refractivity contribution >= 4 is 5.69 Å². The second-order valence-corrected chi connectivity index (χ2v) is 4.75. The van der Waals surface area contributed by atoms with Crippen LogP contribution in [0.4, 0.5) is 10.1 Å². The smallest absolute Gasteiger partial charge is 0.123 e. The maximum Gasteiger partial charge on any atom is 0.123 e. The molecule has 108 valence electrons. The van der Waals surface area contributed by atoms with E-state index in [2.05, 4.69) is 11.8 Å².